The van der Waals surface area contributed by atoms with Crippen molar-refractivity contribution in [2.24, 2.45) is 5.92 Å². The number of carbonyl (C=O) groups excluding carboxylic acids is 1. The first-order chi connectivity index (χ1) is 8.99. The molecule has 3 N–H and O–H groups in total. The van der Waals surface area contributed by atoms with Crippen LogP contribution in [0.5, 0.6) is 0 Å². The molecule has 106 valence electrons. The molecular formula is C13H20ClN3O2. The highest BCUT2D eigenvalue weighted by molar-refractivity contribution is 6.29. The monoisotopic (exact) mass is 285 g/mol. The Labute approximate surface area is 118 Å². The maximum atomic E-state index is 11.5. The molecule has 1 unspecified atom stereocenters. The molecule has 1 aromatic rings. The summed E-state index contributed by atoms with van der Waals surface area (Å²) < 4.78 is 0. The lowest BCUT2D eigenvalue weighted by molar-refractivity contribution is 0.116. The van der Waals surface area contributed by atoms with Crippen LogP contribution in [-0.2, 0) is 6.54 Å². The largest absolute Gasteiger partial charge is 0.393 e. The Hall–Kier alpha value is -1.33. The van der Waals surface area contributed by atoms with Crippen LogP contribution in [0.15, 0.2) is 18.3 Å². The van der Waals surface area contributed by atoms with E-state index in [0.29, 0.717) is 24.7 Å². The van der Waals surface area contributed by atoms with Gasteiger partial charge < -0.3 is 15.7 Å². The van der Waals surface area contributed by atoms with E-state index >= 15 is 0 Å². The molecule has 0 aliphatic rings. The van der Waals surface area contributed by atoms with Crippen molar-refractivity contribution in [3.63, 3.8) is 0 Å². The quantitative estimate of drug-likeness (QED) is 0.699. The van der Waals surface area contributed by atoms with Gasteiger partial charge in [0.05, 0.1) is 6.10 Å². The minimum absolute atomic E-state index is 0.199. The number of hydrogen-bond acceptors (Lipinski definition) is 3. The number of halogens is 1. The Morgan fingerprint density at radius 3 is 2.74 bits per heavy atom. The number of aliphatic hydroxyl groups is 1. The lowest BCUT2D eigenvalue weighted by atomic mass is 10.0. The molecule has 19 heavy (non-hydrogen) atoms. The average molecular weight is 286 g/mol. The Balaban J connectivity index is 2.19. The van der Waals surface area contributed by atoms with Crippen molar-refractivity contribution in [1.82, 2.24) is 15.6 Å². The summed E-state index contributed by atoms with van der Waals surface area (Å²) in [6.45, 7) is 4.73. The van der Waals surface area contributed by atoms with Gasteiger partial charge in [0.2, 0.25) is 0 Å². The molecule has 0 fully saturated rings. The predicted molar refractivity (Wildman–Crippen MR) is 74.9 cm³/mol. The van der Waals surface area contributed by atoms with Crippen molar-refractivity contribution in [3.8, 4) is 0 Å². The Morgan fingerprint density at radius 1 is 1.42 bits per heavy atom. The van der Waals surface area contributed by atoms with Crippen molar-refractivity contribution in [2.45, 2.75) is 32.9 Å². The van der Waals surface area contributed by atoms with Gasteiger partial charge in [-0.25, -0.2) is 9.78 Å². The molecule has 6 heteroatoms. The van der Waals surface area contributed by atoms with E-state index in [0.717, 1.165) is 5.56 Å². The fourth-order valence-electron chi connectivity index (χ4n) is 1.42. The number of carbonyl (C=O) groups is 1. The van der Waals surface area contributed by atoms with Crippen LogP contribution in [0.4, 0.5) is 4.79 Å². The van der Waals surface area contributed by atoms with Crippen molar-refractivity contribution in [2.75, 3.05) is 6.54 Å². The summed E-state index contributed by atoms with van der Waals surface area (Å²) in [6.07, 6.45) is 1.78. The summed E-state index contributed by atoms with van der Waals surface area (Å²) in [7, 11) is 0. The smallest absolute Gasteiger partial charge is 0.315 e. The van der Waals surface area contributed by atoms with Crippen LogP contribution in [0, 0.1) is 5.92 Å². The summed E-state index contributed by atoms with van der Waals surface area (Å²) in [4.78, 5) is 15.4. The molecule has 5 nitrogen and oxygen atoms in total. The van der Waals surface area contributed by atoms with Gasteiger partial charge in [-0.1, -0.05) is 31.5 Å². The minimum atomic E-state index is -0.388. The van der Waals surface area contributed by atoms with Crippen LogP contribution >= 0.6 is 11.6 Å². The third-order valence-corrected chi connectivity index (χ3v) is 2.96. The predicted octanol–water partition coefficient (Wildman–Crippen LogP) is 1.94. The molecule has 0 radical (unpaired) electrons. The van der Waals surface area contributed by atoms with Gasteiger partial charge in [-0.3, -0.25) is 0 Å². The highest BCUT2D eigenvalue weighted by Gasteiger charge is 2.09. The number of pyridine rings is 1. The SMILES string of the molecule is CC(C)C(O)CCNC(=O)NCc1ccc(Cl)nc1. The highest BCUT2D eigenvalue weighted by atomic mass is 35.5. The van der Waals surface area contributed by atoms with E-state index in [1.165, 1.54) is 0 Å². The summed E-state index contributed by atoms with van der Waals surface area (Å²) in [5.41, 5.74) is 0.877. The van der Waals surface area contributed by atoms with E-state index in [1.54, 1.807) is 18.3 Å². The third kappa shape index (κ3) is 6.40. The first kappa shape index (κ1) is 15.7. The van der Waals surface area contributed by atoms with E-state index in [9.17, 15) is 9.90 Å². The average Bonchev–Trinajstić information content (AvgIpc) is 2.37. The summed E-state index contributed by atoms with van der Waals surface area (Å²) >= 11 is 5.66. The van der Waals surface area contributed by atoms with Gasteiger partial charge in [-0.05, 0) is 24.0 Å². The van der Waals surface area contributed by atoms with Gasteiger partial charge in [-0.2, -0.15) is 0 Å². The van der Waals surface area contributed by atoms with Crippen LogP contribution in [-0.4, -0.2) is 28.8 Å². The van der Waals surface area contributed by atoms with E-state index in [-0.39, 0.29) is 18.1 Å². The second-order valence-corrected chi connectivity index (χ2v) is 5.09. The number of hydrogen-bond donors (Lipinski definition) is 3. The van der Waals surface area contributed by atoms with Crippen molar-refractivity contribution >= 4 is 17.6 Å². The molecule has 1 heterocycles. The number of urea groups is 1. The Morgan fingerprint density at radius 2 is 2.16 bits per heavy atom. The number of nitrogens with one attached hydrogen (secondary N) is 2. The normalized spacial score (nSPS) is 12.3. The molecule has 1 aromatic heterocycles. The molecule has 0 aliphatic heterocycles. The summed E-state index contributed by atoms with van der Waals surface area (Å²) in [5, 5.41) is 15.4. The van der Waals surface area contributed by atoms with Gasteiger partial charge in [0, 0.05) is 19.3 Å². The molecule has 0 saturated carbocycles. The standard InChI is InChI=1S/C13H20ClN3O2/c1-9(2)11(18)5-6-15-13(19)17-8-10-3-4-12(14)16-7-10/h3-4,7,9,11,18H,5-6,8H2,1-2H3,(H2,15,17,19). The number of aliphatic hydroxyl groups excluding tert-OH is 1. The van der Waals surface area contributed by atoms with E-state index in [1.807, 2.05) is 13.8 Å². The van der Waals surface area contributed by atoms with Crippen LogP contribution in [0.25, 0.3) is 0 Å². The molecule has 0 spiro atoms. The second kappa shape index (κ2) is 7.96. The number of nitrogens with zero attached hydrogens (tertiary/aromatic N) is 1. The lowest BCUT2D eigenvalue weighted by Gasteiger charge is -2.14. The topological polar surface area (TPSA) is 74.2 Å². The van der Waals surface area contributed by atoms with Crippen LogP contribution in [0.1, 0.15) is 25.8 Å². The summed E-state index contributed by atoms with van der Waals surface area (Å²) in [5.74, 6) is 0.199. The van der Waals surface area contributed by atoms with Crippen molar-refractivity contribution in [3.05, 3.63) is 29.0 Å². The Kier molecular flexibility index (Phi) is 6.59. The maximum absolute atomic E-state index is 11.5. The zero-order valence-electron chi connectivity index (χ0n) is 11.2. The number of amides is 2. The first-order valence-corrected chi connectivity index (χ1v) is 6.67. The third-order valence-electron chi connectivity index (χ3n) is 2.74. The minimum Gasteiger partial charge on any atom is -0.393 e. The molecule has 0 saturated heterocycles. The van der Waals surface area contributed by atoms with Gasteiger partial charge in [-0.15, -0.1) is 0 Å². The molecule has 2 amide bonds. The van der Waals surface area contributed by atoms with Crippen LogP contribution < -0.4 is 10.6 Å². The fraction of sp³-hybridized carbons (Fsp3) is 0.538. The van der Waals surface area contributed by atoms with Crippen molar-refractivity contribution < 1.29 is 9.90 Å². The zero-order chi connectivity index (χ0) is 14.3. The van der Waals surface area contributed by atoms with E-state index in [2.05, 4.69) is 15.6 Å². The maximum Gasteiger partial charge on any atom is 0.315 e. The van der Waals surface area contributed by atoms with Gasteiger partial charge in [0.1, 0.15) is 5.15 Å². The number of rotatable bonds is 6. The van der Waals surface area contributed by atoms with Crippen molar-refractivity contribution in [1.29, 1.82) is 0 Å². The zero-order valence-corrected chi connectivity index (χ0v) is 11.9. The molecule has 1 atom stereocenters. The van der Waals surface area contributed by atoms with Crippen LogP contribution in [0.2, 0.25) is 5.15 Å². The fourth-order valence-corrected chi connectivity index (χ4v) is 1.53. The van der Waals surface area contributed by atoms with Gasteiger partial charge >= 0.3 is 6.03 Å². The summed E-state index contributed by atoms with van der Waals surface area (Å²) in [6, 6.07) is 3.22. The molecular weight excluding hydrogens is 266 g/mol. The second-order valence-electron chi connectivity index (χ2n) is 4.70. The highest BCUT2D eigenvalue weighted by Crippen LogP contribution is 2.05. The number of aromatic nitrogens is 1. The Bertz CT molecular complexity index is 395. The van der Waals surface area contributed by atoms with E-state index in [4.69, 9.17) is 11.6 Å². The van der Waals surface area contributed by atoms with Gasteiger partial charge in [0.15, 0.2) is 0 Å². The molecule has 1 rings (SSSR count). The first-order valence-electron chi connectivity index (χ1n) is 6.29. The van der Waals surface area contributed by atoms with E-state index < -0.39 is 0 Å². The molecule has 0 aromatic carbocycles. The van der Waals surface area contributed by atoms with Crippen LogP contribution in [0.3, 0.4) is 0 Å². The molecule has 0 bridgehead atoms. The lowest BCUT2D eigenvalue weighted by Crippen LogP contribution is -2.37. The molecule has 0 aliphatic carbocycles. The van der Waals surface area contributed by atoms with Gasteiger partial charge in [0.25, 0.3) is 0 Å².